The molecule has 0 saturated heterocycles. The zero-order valence-corrected chi connectivity index (χ0v) is 11.4. The Kier molecular flexibility index (Phi) is 4.67. The predicted molar refractivity (Wildman–Crippen MR) is 70.2 cm³/mol. The van der Waals surface area contributed by atoms with E-state index in [4.69, 9.17) is 5.26 Å². The van der Waals surface area contributed by atoms with E-state index in [1.807, 2.05) is 27.8 Å². The SMILES string of the molecule is CNCC(C)C(=O)Nc1sc(C)c(C)c1C#N. The molecule has 1 heterocycles. The molecular formula is C12H17N3OS. The Hall–Kier alpha value is -1.38. The van der Waals surface area contributed by atoms with Gasteiger partial charge in [0.2, 0.25) is 5.91 Å². The molecule has 1 aromatic rings. The highest BCUT2D eigenvalue weighted by atomic mass is 32.1. The lowest BCUT2D eigenvalue weighted by molar-refractivity contribution is -0.119. The molecule has 0 saturated carbocycles. The van der Waals surface area contributed by atoms with Crippen molar-refractivity contribution in [1.82, 2.24) is 5.32 Å². The van der Waals surface area contributed by atoms with Crippen molar-refractivity contribution in [3.8, 4) is 6.07 Å². The van der Waals surface area contributed by atoms with E-state index in [0.717, 1.165) is 10.4 Å². The Morgan fingerprint density at radius 1 is 1.53 bits per heavy atom. The number of nitrogens with one attached hydrogen (secondary N) is 2. The second kappa shape index (κ2) is 5.80. The lowest BCUT2D eigenvalue weighted by Gasteiger charge is -2.10. The summed E-state index contributed by atoms with van der Waals surface area (Å²) in [6.07, 6.45) is 0. The highest BCUT2D eigenvalue weighted by Gasteiger charge is 2.17. The summed E-state index contributed by atoms with van der Waals surface area (Å²) in [6.45, 7) is 6.33. The smallest absolute Gasteiger partial charge is 0.229 e. The zero-order valence-electron chi connectivity index (χ0n) is 10.5. The molecule has 1 aromatic heterocycles. The van der Waals surface area contributed by atoms with Gasteiger partial charge in [0.15, 0.2) is 0 Å². The molecule has 0 aliphatic heterocycles. The number of amides is 1. The van der Waals surface area contributed by atoms with Gasteiger partial charge < -0.3 is 10.6 Å². The van der Waals surface area contributed by atoms with Crippen LogP contribution in [0.1, 0.15) is 22.9 Å². The van der Waals surface area contributed by atoms with Crippen molar-refractivity contribution in [2.24, 2.45) is 5.92 Å². The quantitative estimate of drug-likeness (QED) is 0.860. The van der Waals surface area contributed by atoms with Crippen LogP contribution in [0.5, 0.6) is 0 Å². The first-order valence-electron chi connectivity index (χ1n) is 5.46. The third-order valence-corrected chi connectivity index (χ3v) is 3.81. The molecule has 0 aromatic carbocycles. The number of thiophene rings is 1. The van der Waals surface area contributed by atoms with E-state index in [-0.39, 0.29) is 11.8 Å². The van der Waals surface area contributed by atoms with E-state index >= 15 is 0 Å². The summed E-state index contributed by atoms with van der Waals surface area (Å²) in [5, 5.41) is 15.5. The number of nitriles is 1. The van der Waals surface area contributed by atoms with Gasteiger partial charge in [-0.25, -0.2) is 0 Å². The molecular weight excluding hydrogens is 234 g/mol. The standard InChI is InChI=1S/C12H17N3OS/c1-7(6-14-4)11(16)15-12-10(5-13)8(2)9(3)17-12/h7,14H,6H2,1-4H3,(H,15,16). The third kappa shape index (κ3) is 3.05. The van der Waals surface area contributed by atoms with Crippen molar-refractivity contribution < 1.29 is 4.79 Å². The topological polar surface area (TPSA) is 64.9 Å². The lowest BCUT2D eigenvalue weighted by atomic mass is 10.1. The molecule has 1 rings (SSSR count). The molecule has 1 unspecified atom stereocenters. The Labute approximate surface area is 106 Å². The summed E-state index contributed by atoms with van der Waals surface area (Å²) in [7, 11) is 1.81. The minimum absolute atomic E-state index is 0.0582. The Balaban J connectivity index is 2.86. The molecule has 2 N–H and O–H groups in total. The van der Waals surface area contributed by atoms with Gasteiger partial charge >= 0.3 is 0 Å². The van der Waals surface area contributed by atoms with E-state index in [1.165, 1.54) is 11.3 Å². The fourth-order valence-corrected chi connectivity index (χ4v) is 2.50. The molecule has 0 bridgehead atoms. The Bertz CT molecular complexity index is 459. The maximum Gasteiger partial charge on any atom is 0.229 e. The van der Waals surface area contributed by atoms with Gasteiger partial charge in [-0.3, -0.25) is 4.79 Å². The van der Waals surface area contributed by atoms with Crippen molar-refractivity contribution in [2.75, 3.05) is 18.9 Å². The number of carbonyl (C=O) groups is 1. The number of nitrogens with zero attached hydrogens (tertiary/aromatic N) is 1. The van der Waals surface area contributed by atoms with Gasteiger partial charge in [-0.05, 0) is 26.5 Å². The van der Waals surface area contributed by atoms with Crippen LogP contribution in [-0.4, -0.2) is 19.5 Å². The van der Waals surface area contributed by atoms with Crippen LogP contribution in [0.15, 0.2) is 0 Å². The van der Waals surface area contributed by atoms with Crippen LogP contribution >= 0.6 is 11.3 Å². The largest absolute Gasteiger partial charge is 0.319 e. The van der Waals surface area contributed by atoms with E-state index in [9.17, 15) is 4.79 Å². The molecule has 4 nitrogen and oxygen atoms in total. The van der Waals surface area contributed by atoms with Crippen LogP contribution < -0.4 is 10.6 Å². The fourth-order valence-electron chi connectivity index (χ4n) is 1.48. The number of hydrogen-bond donors (Lipinski definition) is 2. The van der Waals surface area contributed by atoms with E-state index in [0.29, 0.717) is 17.1 Å². The predicted octanol–water partition coefficient (Wildman–Crippen LogP) is 2.03. The zero-order chi connectivity index (χ0) is 13.0. The summed E-state index contributed by atoms with van der Waals surface area (Å²) in [5.74, 6) is -0.175. The van der Waals surface area contributed by atoms with Gasteiger partial charge in [0, 0.05) is 17.3 Å². The van der Waals surface area contributed by atoms with Crippen molar-refractivity contribution in [3.63, 3.8) is 0 Å². The minimum atomic E-state index is -0.116. The molecule has 17 heavy (non-hydrogen) atoms. The first-order chi connectivity index (χ1) is 8.01. The van der Waals surface area contributed by atoms with Gasteiger partial charge in [-0.1, -0.05) is 6.92 Å². The van der Waals surface area contributed by atoms with Gasteiger partial charge in [-0.15, -0.1) is 11.3 Å². The van der Waals surface area contributed by atoms with E-state index < -0.39 is 0 Å². The van der Waals surface area contributed by atoms with Crippen LogP contribution in [0.3, 0.4) is 0 Å². The second-order valence-electron chi connectivity index (χ2n) is 4.05. The molecule has 5 heteroatoms. The number of anilines is 1. The van der Waals surface area contributed by atoms with Crippen LogP contribution in [0, 0.1) is 31.1 Å². The summed E-state index contributed by atoms with van der Waals surface area (Å²) >= 11 is 1.45. The molecule has 0 fully saturated rings. The van der Waals surface area contributed by atoms with Gasteiger partial charge in [0.1, 0.15) is 11.1 Å². The van der Waals surface area contributed by atoms with Crippen LogP contribution in [0.4, 0.5) is 5.00 Å². The number of aryl methyl sites for hydroxylation is 1. The lowest BCUT2D eigenvalue weighted by Crippen LogP contribution is -2.28. The van der Waals surface area contributed by atoms with Crippen LogP contribution in [0.25, 0.3) is 0 Å². The maximum atomic E-state index is 11.8. The van der Waals surface area contributed by atoms with Gasteiger partial charge in [-0.2, -0.15) is 5.26 Å². The molecule has 92 valence electrons. The maximum absolute atomic E-state index is 11.8. The van der Waals surface area contributed by atoms with E-state index in [1.54, 1.807) is 0 Å². The molecule has 0 aliphatic rings. The minimum Gasteiger partial charge on any atom is -0.319 e. The van der Waals surface area contributed by atoms with Gasteiger partial charge in [0.05, 0.1) is 5.56 Å². The van der Waals surface area contributed by atoms with Crippen molar-refractivity contribution in [3.05, 3.63) is 16.0 Å². The molecule has 0 spiro atoms. The summed E-state index contributed by atoms with van der Waals surface area (Å²) in [6, 6.07) is 2.14. The Morgan fingerprint density at radius 3 is 2.71 bits per heavy atom. The molecule has 1 atom stereocenters. The Morgan fingerprint density at radius 2 is 2.18 bits per heavy atom. The summed E-state index contributed by atoms with van der Waals surface area (Å²) < 4.78 is 0. The molecule has 1 amide bonds. The van der Waals surface area contributed by atoms with Crippen molar-refractivity contribution >= 4 is 22.2 Å². The number of carbonyl (C=O) groups excluding carboxylic acids is 1. The second-order valence-corrected chi connectivity index (χ2v) is 5.27. The average molecular weight is 251 g/mol. The van der Waals surface area contributed by atoms with Crippen LogP contribution in [-0.2, 0) is 4.79 Å². The van der Waals surface area contributed by atoms with Crippen molar-refractivity contribution in [2.45, 2.75) is 20.8 Å². The molecule has 0 radical (unpaired) electrons. The van der Waals surface area contributed by atoms with Gasteiger partial charge in [0.25, 0.3) is 0 Å². The highest BCUT2D eigenvalue weighted by Crippen LogP contribution is 2.31. The third-order valence-electron chi connectivity index (χ3n) is 2.69. The van der Waals surface area contributed by atoms with Crippen molar-refractivity contribution in [1.29, 1.82) is 5.26 Å². The van der Waals surface area contributed by atoms with E-state index in [2.05, 4.69) is 16.7 Å². The monoisotopic (exact) mass is 251 g/mol. The first-order valence-corrected chi connectivity index (χ1v) is 6.28. The number of rotatable bonds is 4. The first kappa shape index (κ1) is 13.7. The fraction of sp³-hybridized carbons (Fsp3) is 0.500. The summed E-state index contributed by atoms with van der Waals surface area (Å²) in [5.41, 5.74) is 1.53. The summed E-state index contributed by atoms with van der Waals surface area (Å²) in [4.78, 5) is 12.9. The highest BCUT2D eigenvalue weighted by molar-refractivity contribution is 7.16. The normalized spacial score (nSPS) is 11.9. The number of hydrogen-bond acceptors (Lipinski definition) is 4. The van der Waals surface area contributed by atoms with Crippen LogP contribution in [0.2, 0.25) is 0 Å². The average Bonchev–Trinajstić information content (AvgIpc) is 2.54. The molecule has 0 aliphatic carbocycles.